The Hall–Kier alpha value is -8.73. The second kappa shape index (κ2) is 12.7. The minimum atomic E-state index is -0.0356. The van der Waals surface area contributed by atoms with Crippen LogP contribution >= 0.6 is 0 Å². The standard InChI is InChI=1S/C61H34N2O2/c64-61-51-31-39(23-27-57(51)65-58-28-24-40(32-52(58)61)42-22-26-46-50-18-8-16-48-44-14-2-4-20-54(44)63(60(48)50)56(46)34-42)37-11-5-9-35(29-37)36-10-6-12-38(30-36)41-21-25-45-49-17-7-15-47-43-13-1-3-19-53(43)62(59(47)49)55(45)33-41/h1-34H. The van der Waals surface area contributed by atoms with Crippen LogP contribution in [0, 0.1) is 0 Å². The molecular formula is C61H34N2O2. The molecule has 4 heteroatoms. The van der Waals surface area contributed by atoms with E-state index in [0.717, 1.165) is 44.5 Å². The molecule has 4 nitrogen and oxygen atoms in total. The Morgan fingerprint density at radius 1 is 0.262 bits per heavy atom. The monoisotopic (exact) mass is 826 g/mol. The number of benzene rings is 10. The Kier molecular flexibility index (Phi) is 6.79. The highest BCUT2D eigenvalue weighted by Gasteiger charge is 2.20. The third kappa shape index (κ3) is 4.77. The molecule has 0 aliphatic rings. The lowest BCUT2D eigenvalue weighted by Gasteiger charge is -2.10. The number of nitrogens with zero attached hydrogens (tertiary/aromatic N) is 2. The van der Waals surface area contributed by atoms with Gasteiger partial charge >= 0.3 is 0 Å². The molecule has 0 aliphatic heterocycles. The Bertz CT molecular complexity index is 4560. The number of fused-ring (bicyclic) bond motifs is 14. The van der Waals surface area contributed by atoms with Gasteiger partial charge in [0, 0.05) is 43.1 Å². The normalized spacial score (nSPS) is 12.4. The van der Waals surface area contributed by atoms with Gasteiger partial charge in [-0.05, 0) is 105 Å². The molecular weight excluding hydrogens is 793 g/mol. The van der Waals surface area contributed by atoms with Crippen molar-refractivity contribution in [3.63, 3.8) is 0 Å². The third-order valence-corrected chi connectivity index (χ3v) is 14.2. The number of rotatable bonds is 4. The molecule has 0 amide bonds. The van der Waals surface area contributed by atoms with E-state index in [4.69, 9.17) is 4.42 Å². The third-order valence-electron chi connectivity index (χ3n) is 14.2. The zero-order valence-electron chi connectivity index (χ0n) is 34.8. The van der Waals surface area contributed by atoms with E-state index in [-0.39, 0.29) is 5.43 Å². The molecule has 300 valence electrons. The maximum atomic E-state index is 14.5. The fourth-order valence-corrected chi connectivity index (χ4v) is 11.2. The van der Waals surface area contributed by atoms with Crippen molar-refractivity contribution in [2.24, 2.45) is 0 Å². The SMILES string of the molecule is O=c1c2cc(-c3cccc(-c4cccc(-c5ccc6c7cccc8c9ccccc9n(c6c5)c87)c4)c3)ccc2oc2ccc(-c3ccc4c5cccc6c7ccccc7n(c4c3)c65)cc12. The summed E-state index contributed by atoms with van der Waals surface area (Å²) < 4.78 is 11.3. The highest BCUT2D eigenvalue weighted by molar-refractivity contribution is 6.25. The van der Waals surface area contributed by atoms with E-state index in [9.17, 15) is 4.79 Å². The molecule has 5 aromatic heterocycles. The van der Waals surface area contributed by atoms with Crippen LogP contribution in [0.25, 0.3) is 143 Å². The van der Waals surface area contributed by atoms with Gasteiger partial charge in [-0.25, -0.2) is 0 Å². The topological polar surface area (TPSA) is 39.0 Å². The molecule has 0 fully saturated rings. The molecule has 0 spiro atoms. The Morgan fingerprint density at radius 3 is 1.05 bits per heavy atom. The number of hydrogen-bond donors (Lipinski definition) is 0. The van der Waals surface area contributed by atoms with Gasteiger partial charge in [0.05, 0.1) is 43.9 Å². The van der Waals surface area contributed by atoms with Crippen molar-refractivity contribution in [1.29, 1.82) is 0 Å². The Labute approximate surface area is 370 Å². The first kappa shape index (κ1) is 34.8. The molecule has 10 aromatic carbocycles. The molecule has 65 heavy (non-hydrogen) atoms. The number of para-hydroxylation sites is 4. The van der Waals surface area contributed by atoms with Crippen LogP contribution in [0.5, 0.6) is 0 Å². The minimum absolute atomic E-state index is 0.0356. The molecule has 15 rings (SSSR count). The van der Waals surface area contributed by atoms with Crippen molar-refractivity contribution in [1.82, 2.24) is 8.80 Å². The summed E-state index contributed by atoms with van der Waals surface area (Å²) >= 11 is 0. The second-order valence-electron chi connectivity index (χ2n) is 17.6. The van der Waals surface area contributed by atoms with Crippen molar-refractivity contribution in [3.8, 4) is 44.5 Å². The second-order valence-corrected chi connectivity index (χ2v) is 17.6. The summed E-state index contributed by atoms with van der Waals surface area (Å²) in [6.45, 7) is 0. The van der Waals surface area contributed by atoms with E-state index in [2.05, 4.69) is 191 Å². The van der Waals surface area contributed by atoms with Gasteiger partial charge in [-0.3, -0.25) is 4.79 Å². The zero-order chi connectivity index (χ0) is 42.5. The van der Waals surface area contributed by atoms with Gasteiger partial charge in [0.25, 0.3) is 0 Å². The summed E-state index contributed by atoms with van der Waals surface area (Å²) in [5.41, 5.74) is 17.1. The van der Waals surface area contributed by atoms with E-state index in [0.29, 0.717) is 21.9 Å². The van der Waals surface area contributed by atoms with Gasteiger partial charge in [-0.2, -0.15) is 0 Å². The Morgan fingerprint density at radius 2 is 0.600 bits per heavy atom. The van der Waals surface area contributed by atoms with Crippen LogP contribution in [0.1, 0.15) is 0 Å². The lowest BCUT2D eigenvalue weighted by atomic mass is 9.95. The van der Waals surface area contributed by atoms with Gasteiger partial charge in [0.1, 0.15) is 11.2 Å². The van der Waals surface area contributed by atoms with Crippen molar-refractivity contribution in [2.45, 2.75) is 0 Å². The molecule has 5 heterocycles. The molecule has 0 saturated heterocycles. The van der Waals surface area contributed by atoms with Crippen LogP contribution in [-0.2, 0) is 0 Å². The first-order valence-electron chi connectivity index (χ1n) is 22.2. The molecule has 0 atom stereocenters. The molecule has 15 aromatic rings. The fraction of sp³-hybridized carbons (Fsp3) is 0. The first-order chi connectivity index (χ1) is 32.1. The fourth-order valence-electron chi connectivity index (χ4n) is 11.2. The highest BCUT2D eigenvalue weighted by Crippen LogP contribution is 2.42. The lowest BCUT2D eigenvalue weighted by Crippen LogP contribution is -2.02. The van der Waals surface area contributed by atoms with Crippen molar-refractivity contribution in [3.05, 3.63) is 216 Å². The van der Waals surface area contributed by atoms with E-state index < -0.39 is 0 Å². The maximum Gasteiger partial charge on any atom is 0.200 e. The van der Waals surface area contributed by atoms with Crippen molar-refractivity contribution < 1.29 is 4.42 Å². The van der Waals surface area contributed by atoms with Crippen molar-refractivity contribution in [2.75, 3.05) is 0 Å². The summed E-state index contributed by atoms with van der Waals surface area (Å²) in [4.78, 5) is 14.5. The molecule has 0 radical (unpaired) electrons. The van der Waals surface area contributed by atoms with Gasteiger partial charge < -0.3 is 13.2 Å². The van der Waals surface area contributed by atoms with Crippen molar-refractivity contribution >= 4 is 98.1 Å². The summed E-state index contributed by atoms with van der Waals surface area (Å²) in [5.74, 6) is 0. The molecule has 0 bridgehead atoms. The van der Waals surface area contributed by atoms with Gasteiger partial charge in [-0.15, -0.1) is 0 Å². The average molecular weight is 827 g/mol. The van der Waals surface area contributed by atoms with Crippen LogP contribution in [-0.4, -0.2) is 8.80 Å². The highest BCUT2D eigenvalue weighted by atomic mass is 16.3. The summed E-state index contributed by atoms with van der Waals surface area (Å²) in [5, 5.41) is 11.3. The predicted molar refractivity (Wildman–Crippen MR) is 271 cm³/mol. The van der Waals surface area contributed by atoms with E-state index in [1.807, 2.05) is 24.3 Å². The maximum absolute atomic E-state index is 14.5. The largest absolute Gasteiger partial charge is 0.456 e. The van der Waals surface area contributed by atoms with Crippen LogP contribution in [0.15, 0.2) is 215 Å². The van der Waals surface area contributed by atoms with E-state index in [1.165, 1.54) is 76.2 Å². The predicted octanol–water partition coefficient (Wildman–Crippen LogP) is 15.9. The van der Waals surface area contributed by atoms with Crippen LogP contribution in [0.3, 0.4) is 0 Å². The van der Waals surface area contributed by atoms with Crippen LogP contribution < -0.4 is 5.43 Å². The van der Waals surface area contributed by atoms with E-state index >= 15 is 0 Å². The first-order valence-corrected chi connectivity index (χ1v) is 22.2. The summed E-state index contributed by atoms with van der Waals surface area (Å²) in [7, 11) is 0. The average Bonchev–Trinajstić information content (AvgIpc) is 4.10. The summed E-state index contributed by atoms with van der Waals surface area (Å²) in [6.07, 6.45) is 0. The molecule has 0 saturated carbocycles. The van der Waals surface area contributed by atoms with Crippen LogP contribution in [0.2, 0.25) is 0 Å². The minimum Gasteiger partial charge on any atom is -0.456 e. The Balaban J connectivity index is 0.801. The summed E-state index contributed by atoms with van der Waals surface area (Å²) in [6, 6.07) is 73.5. The quantitative estimate of drug-likeness (QED) is 0.166. The smallest absolute Gasteiger partial charge is 0.200 e. The van der Waals surface area contributed by atoms with E-state index in [1.54, 1.807) is 0 Å². The molecule has 0 N–H and O–H groups in total. The van der Waals surface area contributed by atoms with Gasteiger partial charge in [-0.1, -0.05) is 146 Å². The molecule has 0 aliphatic carbocycles. The van der Waals surface area contributed by atoms with Gasteiger partial charge in [0.2, 0.25) is 5.43 Å². The number of hydrogen-bond acceptors (Lipinski definition) is 2. The van der Waals surface area contributed by atoms with Crippen LogP contribution in [0.4, 0.5) is 0 Å². The lowest BCUT2D eigenvalue weighted by molar-refractivity contribution is 0.660. The van der Waals surface area contributed by atoms with Gasteiger partial charge in [0.15, 0.2) is 0 Å². The zero-order valence-corrected chi connectivity index (χ0v) is 34.8. The number of aromatic nitrogens is 2. The molecule has 0 unspecified atom stereocenters.